The van der Waals surface area contributed by atoms with Crippen molar-refractivity contribution in [3.8, 4) is 0 Å². The third-order valence-electron chi connectivity index (χ3n) is 3.79. The quantitative estimate of drug-likeness (QED) is 0.584. The van der Waals surface area contributed by atoms with Gasteiger partial charge in [0.05, 0.1) is 17.6 Å². The molecule has 2 aromatic heterocycles. The Bertz CT molecular complexity index is 842. The molecule has 0 aliphatic carbocycles. The van der Waals surface area contributed by atoms with E-state index < -0.39 is 19.7 Å². The van der Waals surface area contributed by atoms with Crippen LogP contribution in [0.2, 0.25) is 0 Å². The molecule has 1 aliphatic heterocycles. The summed E-state index contributed by atoms with van der Waals surface area (Å²) in [5.74, 6) is 0.00745. The van der Waals surface area contributed by atoms with Gasteiger partial charge in [0.2, 0.25) is 5.95 Å². The number of anilines is 1. The topological polar surface area (TPSA) is 153 Å². The van der Waals surface area contributed by atoms with Gasteiger partial charge < -0.3 is 24.8 Å². The third kappa shape index (κ3) is 3.31. The molecule has 3 rings (SSSR count). The monoisotopic (exact) mass is 344 g/mol. The molecule has 0 amide bonds. The summed E-state index contributed by atoms with van der Waals surface area (Å²) in [7, 11) is -4.55. The van der Waals surface area contributed by atoms with Crippen LogP contribution in [0.15, 0.2) is 17.1 Å². The van der Waals surface area contributed by atoms with Gasteiger partial charge in [-0.1, -0.05) is 0 Å². The van der Waals surface area contributed by atoms with Crippen molar-refractivity contribution in [3.63, 3.8) is 0 Å². The number of phosphoric ester groups is 1. The number of hydrogen-bond donors (Lipinski definition) is 4. The number of fused-ring (bicyclic) bond motifs is 1. The van der Waals surface area contributed by atoms with Crippen LogP contribution < -0.4 is 11.3 Å². The first-order valence-corrected chi connectivity index (χ1v) is 8.44. The van der Waals surface area contributed by atoms with Crippen molar-refractivity contribution >= 4 is 24.8 Å². The van der Waals surface area contributed by atoms with Gasteiger partial charge in [-0.15, -0.1) is 0 Å². The number of phosphoric acid groups is 1. The van der Waals surface area contributed by atoms with Crippen molar-refractivity contribution in [2.45, 2.75) is 31.6 Å². The number of H-pyrrole nitrogens is 1. The van der Waals surface area contributed by atoms with Crippen LogP contribution in [0.5, 0.6) is 0 Å². The highest BCUT2D eigenvalue weighted by Gasteiger charge is 2.39. The minimum atomic E-state index is -4.55. The van der Waals surface area contributed by atoms with Crippen molar-refractivity contribution in [2.24, 2.45) is 0 Å². The average molecular weight is 344 g/mol. The Morgan fingerprint density at radius 2 is 2.39 bits per heavy atom. The van der Waals surface area contributed by atoms with Gasteiger partial charge in [0.15, 0.2) is 5.65 Å². The molecule has 0 saturated carbocycles. The second kappa shape index (κ2) is 5.43. The average Bonchev–Trinajstić information content (AvgIpc) is 3.00. The Morgan fingerprint density at radius 3 is 3.09 bits per heavy atom. The summed E-state index contributed by atoms with van der Waals surface area (Å²) in [5, 5.41) is 0.392. The number of nitrogen functional groups attached to an aromatic ring is 1. The molecular weight excluding hydrogens is 327 g/mol. The van der Waals surface area contributed by atoms with E-state index in [0.29, 0.717) is 23.9 Å². The molecule has 1 saturated heterocycles. The number of aromatic nitrogens is 3. The molecule has 0 bridgehead atoms. The molecular formula is C12H17N4O6P. The number of nitrogens with zero attached hydrogens (tertiary/aromatic N) is 2. The van der Waals surface area contributed by atoms with Crippen LogP contribution in [-0.4, -0.2) is 36.5 Å². The fourth-order valence-electron chi connectivity index (χ4n) is 2.69. The number of nitrogens with one attached hydrogen (secondary N) is 1. The van der Waals surface area contributed by atoms with Gasteiger partial charge in [-0.05, 0) is 25.8 Å². The zero-order chi connectivity index (χ0) is 16.8. The molecule has 2 atom stereocenters. The maximum atomic E-state index is 11.8. The van der Waals surface area contributed by atoms with E-state index in [1.807, 2.05) is 0 Å². The molecule has 11 heteroatoms. The summed E-state index contributed by atoms with van der Waals surface area (Å²) < 4.78 is 23.0. The number of nitrogens with two attached hydrogens (primary N) is 1. The third-order valence-corrected chi connectivity index (χ3v) is 4.25. The SMILES string of the molecule is CC1(COP(=O)(O)O)CC[C@H](n2ccc3c(=O)[nH]c(N)nc32)O1. The lowest BCUT2D eigenvalue weighted by Gasteiger charge is -2.25. The highest BCUT2D eigenvalue weighted by Crippen LogP contribution is 2.42. The normalized spacial score (nSPS) is 25.3. The Kier molecular flexibility index (Phi) is 3.81. The maximum Gasteiger partial charge on any atom is 0.469 e. The zero-order valence-electron chi connectivity index (χ0n) is 12.3. The summed E-state index contributed by atoms with van der Waals surface area (Å²) in [5.41, 5.74) is 4.80. The first kappa shape index (κ1) is 16.2. The second-order valence-electron chi connectivity index (χ2n) is 5.74. The Labute approximate surface area is 130 Å². The molecule has 23 heavy (non-hydrogen) atoms. The Morgan fingerprint density at radius 1 is 1.65 bits per heavy atom. The highest BCUT2D eigenvalue weighted by atomic mass is 31.2. The smallest absolute Gasteiger partial charge is 0.369 e. The summed E-state index contributed by atoms with van der Waals surface area (Å²) in [6.45, 7) is 1.48. The minimum Gasteiger partial charge on any atom is -0.369 e. The van der Waals surface area contributed by atoms with Crippen molar-refractivity contribution in [2.75, 3.05) is 12.3 Å². The molecule has 0 spiro atoms. The van der Waals surface area contributed by atoms with E-state index in [-0.39, 0.29) is 18.1 Å². The fraction of sp³-hybridized carbons (Fsp3) is 0.500. The van der Waals surface area contributed by atoms with Crippen LogP contribution in [0, 0.1) is 0 Å². The van der Waals surface area contributed by atoms with Gasteiger partial charge >= 0.3 is 7.82 Å². The van der Waals surface area contributed by atoms with E-state index in [1.165, 1.54) is 0 Å². The molecule has 2 aromatic rings. The van der Waals surface area contributed by atoms with Crippen molar-refractivity contribution in [1.29, 1.82) is 0 Å². The van der Waals surface area contributed by atoms with Crippen molar-refractivity contribution in [3.05, 3.63) is 22.6 Å². The molecule has 0 aromatic carbocycles. The van der Waals surface area contributed by atoms with Crippen LogP contribution in [0.25, 0.3) is 11.0 Å². The van der Waals surface area contributed by atoms with Gasteiger partial charge in [-0.2, -0.15) is 4.98 Å². The second-order valence-corrected chi connectivity index (χ2v) is 6.98. The van der Waals surface area contributed by atoms with Crippen molar-refractivity contribution < 1.29 is 23.6 Å². The molecule has 1 unspecified atom stereocenters. The van der Waals surface area contributed by atoms with Gasteiger partial charge in [0, 0.05) is 6.20 Å². The Balaban J connectivity index is 1.85. The number of rotatable bonds is 4. The largest absolute Gasteiger partial charge is 0.469 e. The first-order chi connectivity index (χ1) is 10.7. The van der Waals surface area contributed by atoms with E-state index in [4.69, 9.17) is 20.3 Å². The van der Waals surface area contributed by atoms with Gasteiger partial charge in [0.1, 0.15) is 6.23 Å². The molecule has 3 heterocycles. The lowest BCUT2D eigenvalue weighted by molar-refractivity contribution is -0.0838. The van der Waals surface area contributed by atoms with Crippen LogP contribution in [0.1, 0.15) is 26.0 Å². The standard InChI is InChI=1S/C12H17N4O6P/c1-12(6-21-23(18,19)20)4-2-8(22-12)16-5-3-7-9(16)14-11(13)15-10(7)17/h3,5,8H,2,4,6H2,1H3,(H2,18,19,20)(H3,13,14,15,17)/t8-,12?/m1/s1. The summed E-state index contributed by atoms with van der Waals surface area (Å²) >= 11 is 0. The van der Waals surface area contributed by atoms with E-state index in [0.717, 1.165) is 0 Å². The van der Waals surface area contributed by atoms with Crippen LogP contribution >= 0.6 is 7.82 Å². The van der Waals surface area contributed by atoms with Gasteiger partial charge in [-0.25, -0.2) is 4.57 Å². The van der Waals surface area contributed by atoms with E-state index >= 15 is 0 Å². The lowest BCUT2D eigenvalue weighted by atomic mass is 10.0. The van der Waals surface area contributed by atoms with Crippen LogP contribution in [0.3, 0.4) is 0 Å². The molecule has 1 aliphatic rings. The number of hydrogen-bond acceptors (Lipinski definition) is 6. The maximum absolute atomic E-state index is 11.8. The van der Waals surface area contributed by atoms with Gasteiger partial charge in [-0.3, -0.25) is 14.3 Å². The summed E-state index contributed by atoms with van der Waals surface area (Å²) in [6, 6.07) is 1.62. The van der Waals surface area contributed by atoms with E-state index in [2.05, 4.69) is 14.5 Å². The van der Waals surface area contributed by atoms with Crippen molar-refractivity contribution in [1.82, 2.24) is 14.5 Å². The molecule has 10 nitrogen and oxygen atoms in total. The summed E-state index contributed by atoms with van der Waals surface area (Å²) in [4.78, 5) is 36.0. The predicted molar refractivity (Wildman–Crippen MR) is 80.5 cm³/mol. The zero-order valence-corrected chi connectivity index (χ0v) is 13.2. The number of ether oxygens (including phenoxy) is 1. The van der Waals surface area contributed by atoms with Crippen LogP contribution in [-0.2, 0) is 13.8 Å². The molecule has 0 radical (unpaired) electrons. The fourth-order valence-corrected chi connectivity index (χ4v) is 3.13. The predicted octanol–water partition coefficient (Wildman–Crippen LogP) is 0.484. The van der Waals surface area contributed by atoms with E-state index in [1.54, 1.807) is 23.8 Å². The van der Waals surface area contributed by atoms with Gasteiger partial charge in [0.25, 0.3) is 5.56 Å². The summed E-state index contributed by atoms with van der Waals surface area (Å²) in [6.07, 6.45) is 2.37. The molecule has 1 fully saturated rings. The minimum absolute atomic E-state index is 0.00745. The first-order valence-electron chi connectivity index (χ1n) is 6.91. The van der Waals surface area contributed by atoms with E-state index in [9.17, 15) is 9.36 Å². The molecule has 126 valence electrons. The Hall–Kier alpha value is -1.71. The van der Waals surface area contributed by atoms with Crippen LogP contribution in [0.4, 0.5) is 5.95 Å². The lowest BCUT2D eigenvalue weighted by Crippen LogP contribution is -2.30. The molecule has 5 N–H and O–H groups in total. The highest BCUT2D eigenvalue weighted by molar-refractivity contribution is 7.46. The number of aromatic amines is 1.